The number of nitrogens with one attached hydrogen (secondary N) is 1. The fraction of sp³-hybridized carbons (Fsp3) is 0.500. The van der Waals surface area contributed by atoms with Crippen molar-refractivity contribution in [2.24, 2.45) is 0 Å². The van der Waals surface area contributed by atoms with Crippen molar-refractivity contribution in [2.75, 3.05) is 12.4 Å². The summed E-state index contributed by atoms with van der Waals surface area (Å²) in [6, 6.07) is 4.17. The third kappa shape index (κ3) is 4.59. The van der Waals surface area contributed by atoms with E-state index >= 15 is 0 Å². The molecule has 1 unspecified atom stereocenters. The van der Waals surface area contributed by atoms with Gasteiger partial charge in [0.05, 0.1) is 27.9 Å². The van der Waals surface area contributed by atoms with Gasteiger partial charge in [-0.3, -0.25) is 4.79 Å². The average molecular weight is 500 g/mol. The molecule has 2 saturated heterocycles. The molecule has 2 bridgehead atoms. The first-order chi connectivity index (χ1) is 16.4. The highest BCUT2D eigenvalue weighted by Crippen LogP contribution is 2.37. The molecule has 0 aromatic carbocycles. The standard InChI is InChI=1S/C24H29N5O3S2/c1-13-21(34-22(26-13)14(2)30)19-12-33-24(27-19)28-20-8-7-15(11-25-20)23(31)29-16-5-4-6-17(29)10-18(9-16)32-3/h7-8,11-12,14,16-18,30H,4-6,9-10H2,1-3H3,(H,25,27,28)/t14?,16-,17+,18-. The van der Waals surface area contributed by atoms with Gasteiger partial charge in [0.25, 0.3) is 5.91 Å². The first-order valence-electron chi connectivity index (χ1n) is 11.6. The van der Waals surface area contributed by atoms with Gasteiger partial charge in [-0.15, -0.1) is 22.7 Å². The van der Waals surface area contributed by atoms with E-state index in [0.717, 1.165) is 41.9 Å². The van der Waals surface area contributed by atoms with Crippen molar-refractivity contribution in [1.82, 2.24) is 19.9 Å². The number of carbonyl (C=O) groups excluding carboxylic acids is 1. The maximum atomic E-state index is 13.3. The lowest BCUT2D eigenvalue weighted by atomic mass is 9.82. The number of methoxy groups -OCH3 is 1. The fourth-order valence-electron chi connectivity index (χ4n) is 4.98. The topological polar surface area (TPSA) is 100 Å². The van der Waals surface area contributed by atoms with Crippen LogP contribution in [-0.2, 0) is 4.74 Å². The van der Waals surface area contributed by atoms with E-state index in [1.54, 1.807) is 20.2 Å². The minimum atomic E-state index is -0.593. The summed E-state index contributed by atoms with van der Waals surface area (Å²) in [6.07, 6.45) is 6.39. The number of nitrogens with zero attached hydrogens (tertiary/aromatic N) is 4. The number of aliphatic hydroxyl groups is 1. The highest BCUT2D eigenvalue weighted by molar-refractivity contribution is 7.17. The second-order valence-electron chi connectivity index (χ2n) is 9.02. The first kappa shape index (κ1) is 23.3. The number of anilines is 2. The SMILES string of the molecule is CO[C@@H]1C[C@H]2CCC[C@@H](C1)N2C(=O)c1ccc(Nc2nc(-c3sc(C(C)O)nc3C)cs2)nc1. The zero-order valence-corrected chi connectivity index (χ0v) is 21.2. The molecule has 5 heterocycles. The van der Waals surface area contributed by atoms with Crippen LogP contribution >= 0.6 is 22.7 Å². The van der Waals surface area contributed by atoms with Crippen molar-refractivity contribution >= 4 is 39.5 Å². The molecule has 0 spiro atoms. The second kappa shape index (κ2) is 9.69. The molecule has 8 nitrogen and oxygen atoms in total. The summed E-state index contributed by atoms with van der Waals surface area (Å²) in [5, 5.41) is 16.4. The number of pyridine rings is 1. The number of thiazole rings is 2. The summed E-state index contributed by atoms with van der Waals surface area (Å²) in [6.45, 7) is 3.64. The molecule has 5 rings (SSSR count). The molecule has 3 aromatic rings. The molecule has 3 aromatic heterocycles. The molecule has 0 aliphatic carbocycles. The minimum Gasteiger partial charge on any atom is -0.386 e. The van der Waals surface area contributed by atoms with Gasteiger partial charge in [0.1, 0.15) is 16.9 Å². The van der Waals surface area contributed by atoms with Crippen LogP contribution in [0.25, 0.3) is 10.6 Å². The Morgan fingerprint density at radius 3 is 2.65 bits per heavy atom. The first-order valence-corrected chi connectivity index (χ1v) is 13.3. The number of fused-ring (bicyclic) bond motifs is 2. The van der Waals surface area contributed by atoms with Gasteiger partial charge < -0.3 is 20.1 Å². The van der Waals surface area contributed by atoms with Gasteiger partial charge in [-0.1, -0.05) is 0 Å². The van der Waals surface area contributed by atoms with Gasteiger partial charge in [-0.05, 0) is 58.1 Å². The Labute approximate surface area is 207 Å². The lowest BCUT2D eigenvalue weighted by Gasteiger charge is -2.48. The Bertz CT molecular complexity index is 1150. The van der Waals surface area contributed by atoms with Crippen LogP contribution in [0, 0.1) is 6.92 Å². The lowest BCUT2D eigenvalue weighted by molar-refractivity contribution is -0.0316. The Hall–Kier alpha value is -2.40. The van der Waals surface area contributed by atoms with Gasteiger partial charge in [-0.25, -0.2) is 15.0 Å². The molecule has 34 heavy (non-hydrogen) atoms. The van der Waals surface area contributed by atoms with Crippen LogP contribution < -0.4 is 5.32 Å². The van der Waals surface area contributed by atoms with Crippen molar-refractivity contribution in [1.29, 1.82) is 0 Å². The minimum absolute atomic E-state index is 0.0643. The van der Waals surface area contributed by atoms with E-state index in [4.69, 9.17) is 4.74 Å². The third-order valence-electron chi connectivity index (χ3n) is 6.65. The molecule has 0 radical (unpaired) electrons. The van der Waals surface area contributed by atoms with Gasteiger partial charge in [0, 0.05) is 30.8 Å². The van der Waals surface area contributed by atoms with E-state index in [9.17, 15) is 9.90 Å². The number of ether oxygens (including phenoxy) is 1. The highest BCUT2D eigenvalue weighted by Gasteiger charge is 2.41. The largest absolute Gasteiger partial charge is 0.386 e. The van der Waals surface area contributed by atoms with Crippen molar-refractivity contribution < 1.29 is 14.6 Å². The van der Waals surface area contributed by atoms with Gasteiger partial charge in [-0.2, -0.15) is 0 Å². The molecular formula is C24H29N5O3S2. The molecule has 0 saturated carbocycles. The Balaban J connectivity index is 1.27. The van der Waals surface area contributed by atoms with Crippen LogP contribution in [0.2, 0.25) is 0 Å². The van der Waals surface area contributed by atoms with Gasteiger partial charge in [0.15, 0.2) is 5.13 Å². The summed E-state index contributed by atoms with van der Waals surface area (Å²) < 4.78 is 5.60. The van der Waals surface area contributed by atoms with Crippen LogP contribution in [0.4, 0.5) is 10.9 Å². The Morgan fingerprint density at radius 2 is 2.03 bits per heavy atom. The summed E-state index contributed by atoms with van der Waals surface area (Å²) in [4.78, 5) is 29.9. The maximum Gasteiger partial charge on any atom is 0.255 e. The quantitative estimate of drug-likeness (QED) is 0.495. The molecule has 10 heteroatoms. The number of aryl methyl sites for hydroxylation is 1. The number of aromatic nitrogens is 3. The monoisotopic (exact) mass is 499 g/mol. The zero-order chi connectivity index (χ0) is 23.8. The second-order valence-corrected chi connectivity index (χ2v) is 10.9. The fourth-order valence-corrected chi connectivity index (χ4v) is 6.73. The van der Waals surface area contributed by atoms with Crippen LogP contribution in [0.3, 0.4) is 0 Å². The zero-order valence-electron chi connectivity index (χ0n) is 19.5. The van der Waals surface area contributed by atoms with E-state index in [1.165, 1.54) is 29.1 Å². The van der Waals surface area contributed by atoms with Gasteiger partial charge in [0.2, 0.25) is 0 Å². The molecular weight excluding hydrogens is 470 g/mol. The van der Waals surface area contributed by atoms with E-state index < -0.39 is 6.10 Å². The molecule has 2 aliphatic heterocycles. The predicted octanol–water partition coefficient (Wildman–Crippen LogP) is 4.94. The number of rotatable bonds is 6. The lowest BCUT2D eigenvalue weighted by Crippen LogP contribution is -2.56. The highest BCUT2D eigenvalue weighted by atomic mass is 32.1. The number of amides is 1. The average Bonchev–Trinajstić information content (AvgIpc) is 3.44. The number of hydrogen-bond donors (Lipinski definition) is 2. The molecule has 180 valence electrons. The van der Waals surface area contributed by atoms with Crippen LogP contribution in [0.15, 0.2) is 23.7 Å². The van der Waals surface area contributed by atoms with E-state index in [1.807, 2.05) is 24.4 Å². The number of piperidine rings is 2. The molecule has 1 amide bonds. The summed E-state index contributed by atoms with van der Waals surface area (Å²) in [7, 11) is 1.77. The third-order valence-corrected chi connectivity index (χ3v) is 8.76. The van der Waals surface area contributed by atoms with Crippen LogP contribution in [0.1, 0.15) is 66.2 Å². The number of hydrogen-bond acceptors (Lipinski definition) is 9. The molecule has 2 fully saturated rings. The smallest absolute Gasteiger partial charge is 0.255 e. The van der Waals surface area contributed by atoms with E-state index in [2.05, 4.69) is 25.2 Å². The van der Waals surface area contributed by atoms with Crippen LogP contribution in [-0.4, -0.2) is 56.2 Å². The van der Waals surface area contributed by atoms with Crippen molar-refractivity contribution in [3.8, 4) is 10.6 Å². The number of aliphatic hydroxyl groups excluding tert-OH is 1. The van der Waals surface area contributed by atoms with Crippen molar-refractivity contribution in [2.45, 2.75) is 70.2 Å². The summed E-state index contributed by atoms with van der Waals surface area (Å²) in [5.41, 5.74) is 2.30. The Kier molecular flexibility index (Phi) is 6.65. The predicted molar refractivity (Wildman–Crippen MR) is 134 cm³/mol. The summed E-state index contributed by atoms with van der Waals surface area (Å²) in [5.74, 6) is 0.704. The molecule has 2 N–H and O–H groups in total. The van der Waals surface area contributed by atoms with Crippen molar-refractivity contribution in [3.63, 3.8) is 0 Å². The normalized spacial score (nSPS) is 23.1. The molecule has 2 aliphatic rings. The number of carbonyl (C=O) groups is 1. The van der Waals surface area contributed by atoms with Crippen LogP contribution in [0.5, 0.6) is 0 Å². The van der Waals surface area contributed by atoms with Gasteiger partial charge >= 0.3 is 0 Å². The van der Waals surface area contributed by atoms with E-state index in [-0.39, 0.29) is 24.1 Å². The Morgan fingerprint density at radius 1 is 1.26 bits per heavy atom. The van der Waals surface area contributed by atoms with E-state index in [0.29, 0.717) is 21.5 Å². The summed E-state index contributed by atoms with van der Waals surface area (Å²) >= 11 is 2.94. The van der Waals surface area contributed by atoms with Crippen molar-refractivity contribution in [3.05, 3.63) is 40.0 Å². The molecule has 4 atom stereocenters. The maximum absolute atomic E-state index is 13.3.